The molecule has 1 rings (SSSR count). The standard InChI is InChI=1S/C28H46O2/c1-23(29)27(3,4)21-15-9-7-11-17-25-19-13-14-20-26(25)18-12-8-10-16-22-28(5,6)24(2)30/h13-14,19-20H,7-12,15-18,21-22H2,1-6H3. The minimum atomic E-state index is -0.158. The zero-order chi connectivity index (χ0) is 22.6. The molecular weight excluding hydrogens is 368 g/mol. The van der Waals surface area contributed by atoms with Crippen LogP contribution in [0, 0.1) is 10.8 Å². The highest BCUT2D eigenvalue weighted by Gasteiger charge is 2.23. The molecule has 2 heteroatoms. The topological polar surface area (TPSA) is 34.1 Å². The van der Waals surface area contributed by atoms with Gasteiger partial charge < -0.3 is 0 Å². The SMILES string of the molecule is CC(=O)C(C)(C)CCCCCCc1ccccc1CCCCCCC(C)(C)C(C)=O. The lowest BCUT2D eigenvalue weighted by atomic mass is 9.83. The smallest absolute Gasteiger partial charge is 0.135 e. The van der Waals surface area contributed by atoms with Crippen LogP contribution in [0.3, 0.4) is 0 Å². The van der Waals surface area contributed by atoms with Crippen LogP contribution in [0.2, 0.25) is 0 Å². The van der Waals surface area contributed by atoms with Gasteiger partial charge in [-0.05, 0) is 63.5 Å². The number of aryl methyl sites for hydroxylation is 2. The van der Waals surface area contributed by atoms with Crippen molar-refractivity contribution in [1.29, 1.82) is 0 Å². The summed E-state index contributed by atoms with van der Waals surface area (Å²) in [5.41, 5.74) is 2.71. The van der Waals surface area contributed by atoms with E-state index in [4.69, 9.17) is 0 Å². The zero-order valence-corrected chi connectivity index (χ0v) is 20.6. The van der Waals surface area contributed by atoms with Crippen LogP contribution in [0.4, 0.5) is 0 Å². The Kier molecular flexibility index (Phi) is 11.6. The summed E-state index contributed by atoms with van der Waals surface area (Å²) in [4.78, 5) is 23.2. The quantitative estimate of drug-likeness (QED) is 0.258. The van der Waals surface area contributed by atoms with Crippen molar-refractivity contribution in [3.8, 4) is 0 Å². The molecule has 0 spiro atoms. The fraction of sp³-hybridized carbons (Fsp3) is 0.714. The van der Waals surface area contributed by atoms with Crippen molar-refractivity contribution in [2.45, 2.75) is 119 Å². The highest BCUT2D eigenvalue weighted by atomic mass is 16.1. The van der Waals surface area contributed by atoms with Crippen molar-refractivity contribution in [2.75, 3.05) is 0 Å². The van der Waals surface area contributed by atoms with Crippen molar-refractivity contribution < 1.29 is 9.59 Å². The summed E-state index contributed by atoms with van der Waals surface area (Å²) in [5.74, 6) is 0.609. The molecule has 0 amide bonds. The summed E-state index contributed by atoms with van der Waals surface area (Å²) >= 11 is 0. The molecule has 0 unspecified atom stereocenters. The molecule has 0 heterocycles. The maximum atomic E-state index is 11.6. The second kappa shape index (κ2) is 13.1. The van der Waals surface area contributed by atoms with Gasteiger partial charge in [-0.25, -0.2) is 0 Å². The Labute approximate surface area is 186 Å². The molecule has 0 radical (unpaired) electrons. The summed E-state index contributed by atoms with van der Waals surface area (Å²) in [6, 6.07) is 8.92. The van der Waals surface area contributed by atoms with Crippen LogP contribution >= 0.6 is 0 Å². The third kappa shape index (κ3) is 10.0. The van der Waals surface area contributed by atoms with E-state index in [2.05, 4.69) is 52.0 Å². The molecule has 0 saturated heterocycles. The number of benzene rings is 1. The number of rotatable bonds is 16. The number of carbonyl (C=O) groups is 2. The largest absolute Gasteiger partial charge is 0.299 e. The van der Waals surface area contributed by atoms with Gasteiger partial charge in [-0.3, -0.25) is 9.59 Å². The minimum Gasteiger partial charge on any atom is -0.299 e. The second-order valence-electron chi connectivity index (χ2n) is 10.5. The van der Waals surface area contributed by atoms with E-state index >= 15 is 0 Å². The van der Waals surface area contributed by atoms with Crippen LogP contribution in [0.5, 0.6) is 0 Å². The first-order valence-corrected chi connectivity index (χ1v) is 12.1. The maximum Gasteiger partial charge on any atom is 0.135 e. The predicted octanol–water partition coefficient (Wildman–Crippen LogP) is 7.90. The van der Waals surface area contributed by atoms with Gasteiger partial charge in [-0.15, -0.1) is 0 Å². The summed E-state index contributed by atoms with van der Waals surface area (Å²) in [5, 5.41) is 0. The van der Waals surface area contributed by atoms with Crippen LogP contribution in [-0.2, 0) is 22.4 Å². The Morgan fingerprint density at radius 1 is 0.600 bits per heavy atom. The Balaban J connectivity index is 2.26. The highest BCUT2D eigenvalue weighted by Crippen LogP contribution is 2.26. The minimum absolute atomic E-state index is 0.158. The summed E-state index contributed by atoms with van der Waals surface area (Å²) < 4.78 is 0. The van der Waals surface area contributed by atoms with Gasteiger partial charge in [0.1, 0.15) is 11.6 Å². The average Bonchev–Trinajstić information content (AvgIpc) is 2.67. The molecule has 0 aliphatic rings. The fourth-order valence-corrected chi connectivity index (χ4v) is 3.87. The Hall–Kier alpha value is -1.44. The first-order valence-electron chi connectivity index (χ1n) is 12.1. The molecule has 0 saturated carbocycles. The van der Waals surface area contributed by atoms with E-state index < -0.39 is 0 Å². The molecule has 0 bridgehead atoms. The lowest BCUT2D eigenvalue weighted by Gasteiger charge is -2.20. The third-order valence-corrected chi connectivity index (χ3v) is 7.02. The zero-order valence-electron chi connectivity index (χ0n) is 20.6. The predicted molar refractivity (Wildman–Crippen MR) is 129 cm³/mol. The average molecular weight is 415 g/mol. The van der Waals surface area contributed by atoms with Crippen molar-refractivity contribution in [1.82, 2.24) is 0 Å². The van der Waals surface area contributed by atoms with Crippen LogP contribution < -0.4 is 0 Å². The molecule has 30 heavy (non-hydrogen) atoms. The lowest BCUT2D eigenvalue weighted by Crippen LogP contribution is -2.20. The molecule has 0 aliphatic heterocycles. The van der Waals surface area contributed by atoms with Gasteiger partial charge >= 0.3 is 0 Å². The van der Waals surface area contributed by atoms with Crippen molar-refractivity contribution in [2.24, 2.45) is 10.8 Å². The second-order valence-corrected chi connectivity index (χ2v) is 10.5. The van der Waals surface area contributed by atoms with E-state index in [1.54, 1.807) is 13.8 Å². The van der Waals surface area contributed by atoms with Crippen molar-refractivity contribution in [3.63, 3.8) is 0 Å². The molecule has 0 fully saturated rings. The highest BCUT2D eigenvalue weighted by molar-refractivity contribution is 5.81. The summed E-state index contributed by atoms with van der Waals surface area (Å²) in [6.07, 6.45) is 14.0. The van der Waals surface area contributed by atoms with Gasteiger partial charge in [0.05, 0.1) is 0 Å². The Morgan fingerprint density at radius 3 is 1.27 bits per heavy atom. The molecule has 0 aliphatic carbocycles. The van der Waals surface area contributed by atoms with E-state index in [1.807, 2.05) is 0 Å². The number of carbonyl (C=O) groups excluding carboxylic acids is 2. The van der Waals surface area contributed by atoms with Crippen LogP contribution in [-0.4, -0.2) is 11.6 Å². The van der Waals surface area contributed by atoms with E-state index in [-0.39, 0.29) is 10.8 Å². The Bertz CT molecular complexity index is 597. The molecule has 0 atom stereocenters. The first kappa shape index (κ1) is 26.6. The van der Waals surface area contributed by atoms with Gasteiger partial charge in [0.15, 0.2) is 0 Å². The molecular formula is C28H46O2. The number of unbranched alkanes of at least 4 members (excludes halogenated alkanes) is 6. The van der Waals surface area contributed by atoms with Crippen LogP contribution in [0.25, 0.3) is 0 Å². The fourth-order valence-electron chi connectivity index (χ4n) is 3.87. The van der Waals surface area contributed by atoms with E-state index in [0.29, 0.717) is 11.6 Å². The van der Waals surface area contributed by atoms with E-state index in [1.165, 1.54) is 62.5 Å². The first-order chi connectivity index (χ1) is 14.1. The summed E-state index contributed by atoms with van der Waals surface area (Å²) in [6.45, 7) is 11.7. The van der Waals surface area contributed by atoms with Crippen molar-refractivity contribution >= 4 is 11.6 Å². The van der Waals surface area contributed by atoms with E-state index in [0.717, 1.165) is 25.7 Å². The summed E-state index contributed by atoms with van der Waals surface area (Å²) in [7, 11) is 0. The van der Waals surface area contributed by atoms with Gasteiger partial charge in [0.25, 0.3) is 0 Å². The number of hydrogen-bond acceptors (Lipinski definition) is 2. The molecule has 1 aromatic carbocycles. The van der Waals surface area contributed by atoms with E-state index in [9.17, 15) is 9.59 Å². The molecule has 0 N–H and O–H groups in total. The lowest BCUT2D eigenvalue weighted by molar-refractivity contribution is -0.125. The normalized spacial score (nSPS) is 12.2. The number of Topliss-reactive ketones (excluding diaryl/α,β-unsaturated/α-hetero) is 2. The third-order valence-electron chi connectivity index (χ3n) is 7.02. The molecule has 0 aromatic heterocycles. The van der Waals surface area contributed by atoms with Gasteiger partial charge in [-0.2, -0.15) is 0 Å². The van der Waals surface area contributed by atoms with Gasteiger partial charge in [0.2, 0.25) is 0 Å². The van der Waals surface area contributed by atoms with Gasteiger partial charge in [0, 0.05) is 10.8 Å². The molecule has 1 aromatic rings. The monoisotopic (exact) mass is 414 g/mol. The van der Waals surface area contributed by atoms with Crippen LogP contribution in [0.1, 0.15) is 117 Å². The molecule has 2 nitrogen and oxygen atoms in total. The van der Waals surface area contributed by atoms with Gasteiger partial charge in [-0.1, -0.05) is 90.5 Å². The number of ketones is 2. The van der Waals surface area contributed by atoms with Crippen LogP contribution in [0.15, 0.2) is 24.3 Å². The van der Waals surface area contributed by atoms with Crippen molar-refractivity contribution in [3.05, 3.63) is 35.4 Å². The maximum absolute atomic E-state index is 11.6. The number of hydrogen-bond donors (Lipinski definition) is 0. The molecule has 170 valence electrons. The Morgan fingerprint density at radius 2 is 0.933 bits per heavy atom.